The van der Waals surface area contributed by atoms with Crippen molar-refractivity contribution in [2.24, 2.45) is 0 Å². The van der Waals surface area contributed by atoms with Crippen molar-refractivity contribution in [2.45, 2.75) is 12.5 Å². The van der Waals surface area contributed by atoms with Gasteiger partial charge in [0.2, 0.25) is 0 Å². The van der Waals surface area contributed by atoms with Crippen LogP contribution in [0.2, 0.25) is 0 Å². The highest BCUT2D eigenvalue weighted by atomic mass is 32.2. The Hall–Kier alpha value is -0.820. The Morgan fingerprint density at radius 3 is 2.77 bits per heavy atom. The van der Waals surface area contributed by atoms with Crippen LogP contribution in [0, 0.1) is 0 Å². The van der Waals surface area contributed by atoms with Crippen molar-refractivity contribution in [3.63, 3.8) is 0 Å². The number of ether oxygens (including phenoxy) is 2. The largest absolute Gasteiger partial charge is 0.508 e. The fourth-order valence-corrected chi connectivity index (χ4v) is 1.58. The average molecular weight is 210 g/mol. The minimum atomic E-state index is -3.47. The molecule has 13 heavy (non-hydrogen) atoms. The van der Waals surface area contributed by atoms with E-state index in [1.165, 1.54) is 0 Å². The lowest BCUT2D eigenvalue weighted by Crippen LogP contribution is -2.17. The van der Waals surface area contributed by atoms with Crippen LogP contribution in [0.3, 0.4) is 0 Å². The van der Waals surface area contributed by atoms with E-state index in [2.05, 4.69) is 13.7 Å². The van der Waals surface area contributed by atoms with E-state index in [-0.39, 0.29) is 18.8 Å². The van der Waals surface area contributed by atoms with Crippen LogP contribution in [0.4, 0.5) is 4.79 Å². The number of hydrogen-bond donors (Lipinski definition) is 0. The summed E-state index contributed by atoms with van der Waals surface area (Å²) in [4.78, 5) is 10.4. The molecule has 0 bridgehead atoms. The van der Waals surface area contributed by atoms with E-state index >= 15 is 0 Å². The van der Waals surface area contributed by atoms with Crippen molar-refractivity contribution in [3.05, 3.63) is 0 Å². The maximum Gasteiger partial charge on any atom is 0.508 e. The highest BCUT2D eigenvalue weighted by Crippen LogP contribution is 2.11. The van der Waals surface area contributed by atoms with E-state index in [0.29, 0.717) is 0 Å². The van der Waals surface area contributed by atoms with Gasteiger partial charge in [-0.25, -0.2) is 4.79 Å². The van der Waals surface area contributed by atoms with Gasteiger partial charge in [0.25, 0.3) is 10.1 Å². The number of rotatable bonds is 4. The normalized spacial score (nSPS) is 22.5. The van der Waals surface area contributed by atoms with Crippen LogP contribution in [0.25, 0.3) is 0 Å². The second-order valence-electron chi connectivity index (χ2n) is 2.52. The third-order valence-electron chi connectivity index (χ3n) is 1.59. The van der Waals surface area contributed by atoms with Crippen molar-refractivity contribution in [1.29, 1.82) is 0 Å². The lowest BCUT2D eigenvalue weighted by molar-refractivity contribution is 0.117. The van der Waals surface area contributed by atoms with Gasteiger partial charge in [-0.1, -0.05) is 0 Å². The van der Waals surface area contributed by atoms with Gasteiger partial charge in [-0.3, -0.25) is 4.18 Å². The summed E-state index contributed by atoms with van der Waals surface area (Å²) in [5.41, 5.74) is 0. The lowest BCUT2D eigenvalue weighted by Gasteiger charge is -2.04. The van der Waals surface area contributed by atoms with Gasteiger partial charge < -0.3 is 9.47 Å². The molecule has 0 aromatic rings. The molecule has 1 saturated heterocycles. The monoisotopic (exact) mass is 210 g/mol. The molecule has 7 heteroatoms. The predicted octanol–water partition coefficient (Wildman–Crippen LogP) is -0.112. The number of hydrogen-bond acceptors (Lipinski definition) is 6. The Bertz CT molecular complexity index is 281. The molecule has 1 atom stereocenters. The molecule has 0 saturated carbocycles. The Labute approximate surface area is 75.9 Å². The lowest BCUT2D eigenvalue weighted by atomic mass is 10.3. The summed E-state index contributed by atoms with van der Waals surface area (Å²) in [7, 11) is -2.38. The summed E-state index contributed by atoms with van der Waals surface area (Å²) in [5.74, 6) is -0.176. The SMILES string of the molecule is COS(=O)(=O)CCC1COC(=O)O1. The summed E-state index contributed by atoms with van der Waals surface area (Å²) in [5, 5.41) is 0. The van der Waals surface area contributed by atoms with E-state index in [4.69, 9.17) is 0 Å². The first-order valence-electron chi connectivity index (χ1n) is 3.65. The minimum Gasteiger partial charge on any atom is -0.430 e. The zero-order valence-corrected chi connectivity index (χ0v) is 7.87. The van der Waals surface area contributed by atoms with Crippen LogP contribution in [-0.2, 0) is 23.8 Å². The van der Waals surface area contributed by atoms with Gasteiger partial charge in [0.15, 0.2) is 0 Å². The fraction of sp³-hybridized carbons (Fsp3) is 0.833. The summed E-state index contributed by atoms with van der Waals surface area (Å²) >= 11 is 0. The van der Waals surface area contributed by atoms with Crippen LogP contribution in [0.1, 0.15) is 6.42 Å². The highest BCUT2D eigenvalue weighted by Gasteiger charge is 2.26. The van der Waals surface area contributed by atoms with Crippen LogP contribution < -0.4 is 0 Å². The molecule has 0 aromatic carbocycles. The van der Waals surface area contributed by atoms with Crippen molar-refractivity contribution in [3.8, 4) is 0 Å². The van der Waals surface area contributed by atoms with Crippen molar-refractivity contribution < 1.29 is 26.9 Å². The zero-order chi connectivity index (χ0) is 9.90. The second kappa shape index (κ2) is 3.93. The standard InChI is InChI=1S/C6H10O6S/c1-10-13(8,9)3-2-5-4-11-6(7)12-5/h5H,2-4H2,1H3. The van der Waals surface area contributed by atoms with Gasteiger partial charge >= 0.3 is 6.16 Å². The van der Waals surface area contributed by atoms with Crippen LogP contribution in [-0.4, -0.2) is 40.1 Å². The first kappa shape index (κ1) is 10.3. The molecule has 1 aliphatic rings. The predicted molar refractivity (Wildman–Crippen MR) is 41.6 cm³/mol. The van der Waals surface area contributed by atoms with Gasteiger partial charge in [0, 0.05) is 6.42 Å². The maximum absolute atomic E-state index is 10.8. The van der Waals surface area contributed by atoms with Crippen LogP contribution in [0.5, 0.6) is 0 Å². The van der Waals surface area contributed by atoms with Crippen LogP contribution in [0.15, 0.2) is 0 Å². The molecule has 0 spiro atoms. The summed E-state index contributed by atoms with van der Waals surface area (Å²) in [6, 6.07) is 0. The Morgan fingerprint density at radius 2 is 2.31 bits per heavy atom. The number of cyclic esters (lactones) is 2. The topological polar surface area (TPSA) is 78.9 Å². The van der Waals surface area contributed by atoms with E-state index in [0.717, 1.165) is 7.11 Å². The molecule has 0 amide bonds. The Morgan fingerprint density at radius 1 is 1.62 bits per heavy atom. The second-order valence-corrected chi connectivity index (χ2v) is 4.37. The van der Waals surface area contributed by atoms with Gasteiger partial charge in [0.1, 0.15) is 12.7 Å². The molecular weight excluding hydrogens is 200 g/mol. The molecule has 1 aliphatic heterocycles. The first-order chi connectivity index (χ1) is 6.03. The van der Waals surface area contributed by atoms with E-state index in [1.807, 2.05) is 0 Å². The summed E-state index contributed by atoms with van der Waals surface area (Å²) in [6.07, 6.45) is -1.03. The van der Waals surface area contributed by atoms with Crippen molar-refractivity contribution in [1.82, 2.24) is 0 Å². The quantitative estimate of drug-likeness (QED) is 0.475. The van der Waals surface area contributed by atoms with Crippen molar-refractivity contribution in [2.75, 3.05) is 19.5 Å². The zero-order valence-electron chi connectivity index (χ0n) is 7.06. The molecule has 0 N–H and O–H groups in total. The molecule has 6 nitrogen and oxygen atoms in total. The third kappa shape index (κ3) is 3.19. The van der Waals surface area contributed by atoms with Gasteiger partial charge in [-0.05, 0) is 0 Å². The van der Waals surface area contributed by atoms with E-state index < -0.39 is 22.4 Å². The molecular formula is C6H10O6S. The molecule has 0 radical (unpaired) electrons. The Kier molecular flexibility index (Phi) is 3.10. The fourth-order valence-electron chi connectivity index (χ4n) is 0.866. The maximum atomic E-state index is 10.8. The smallest absolute Gasteiger partial charge is 0.430 e. The third-order valence-corrected chi connectivity index (χ3v) is 2.84. The average Bonchev–Trinajstić information content (AvgIpc) is 2.48. The number of carbonyl (C=O) groups excluding carboxylic acids is 1. The van der Waals surface area contributed by atoms with E-state index in [1.54, 1.807) is 0 Å². The van der Waals surface area contributed by atoms with Gasteiger partial charge in [-0.15, -0.1) is 0 Å². The molecule has 1 unspecified atom stereocenters. The minimum absolute atomic E-state index is 0.109. The molecule has 76 valence electrons. The van der Waals surface area contributed by atoms with Gasteiger partial charge in [0.05, 0.1) is 12.9 Å². The molecule has 1 rings (SSSR count). The number of carbonyl (C=O) groups is 1. The highest BCUT2D eigenvalue weighted by molar-refractivity contribution is 7.86. The molecule has 0 aliphatic carbocycles. The van der Waals surface area contributed by atoms with Crippen molar-refractivity contribution >= 4 is 16.3 Å². The van der Waals surface area contributed by atoms with Gasteiger partial charge in [-0.2, -0.15) is 8.42 Å². The van der Waals surface area contributed by atoms with E-state index in [9.17, 15) is 13.2 Å². The molecule has 1 heterocycles. The van der Waals surface area contributed by atoms with Crippen LogP contribution >= 0.6 is 0 Å². The summed E-state index contributed by atoms with van der Waals surface area (Å²) < 4.78 is 35.0. The summed E-state index contributed by atoms with van der Waals surface area (Å²) in [6.45, 7) is 0.109. The first-order valence-corrected chi connectivity index (χ1v) is 5.23. The molecule has 0 aromatic heterocycles. The molecule has 1 fully saturated rings. The Balaban J connectivity index is 2.31.